The molecule has 0 fully saturated rings. The van der Waals surface area contributed by atoms with Crippen LogP contribution in [0.5, 0.6) is 0 Å². The Hall–Kier alpha value is -0.903. The largest absolute Gasteiger partial charge is 0.385 e. The molecule has 0 saturated heterocycles. The summed E-state index contributed by atoms with van der Waals surface area (Å²) in [7, 11) is -1.13. The van der Waals surface area contributed by atoms with E-state index in [4.69, 9.17) is 4.74 Å². The number of benzene rings is 1. The number of hydrogen-bond donors (Lipinski definition) is 0. The van der Waals surface area contributed by atoms with Crippen molar-refractivity contribution in [1.29, 1.82) is 0 Å². The van der Waals surface area contributed by atoms with Gasteiger partial charge in [-0.05, 0) is 31.7 Å². The van der Waals surface area contributed by atoms with E-state index in [9.17, 15) is 0 Å². The summed E-state index contributed by atoms with van der Waals surface area (Å²) in [6.07, 6.45) is 4.07. The highest BCUT2D eigenvalue weighted by atomic mass is 28.3. The number of ether oxygens (including phenoxy) is 1. The van der Waals surface area contributed by atoms with Gasteiger partial charge >= 0.3 is 0 Å². The second-order valence-electron chi connectivity index (χ2n) is 4.68. The molecule has 0 aliphatic carbocycles. The summed E-state index contributed by atoms with van der Waals surface area (Å²) < 4.78 is 5.74. The minimum atomic E-state index is -1.13. The van der Waals surface area contributed by atoms with Crippen LogP contribution in [0.3, 0.4) is 0 Å². The van der Waals surface area contributed by atoms with Crippen LogP contribution in [0.2, 0.25) is 0 Å². The average Bonchev–Trinajstić information content (AvgIpc) is 2.47. The Kier molecular flexibility index (Phi) is 7.71. The summed E-state index contributed by atoms with van der Waals surface area (Å²) >= 11 is 0. The highest BCUT2D eigenvalue weighted by molar-refractivity contribution is 6.74. The maximum atomic E-state index is 5.74. The second kappa shape index (κ2) is 9.07. The van der Waals surface area contributed by atoms with Crippen LogP contribution in [-0.2, 0) is 4.74 Å². The summed E-state index contributed by atoms with van der Waals surface area (Å²) in [6, 6.07) is 8.65. The molecular weight excluding hydrogens is 250 g/mol. The molecule has 0 saturated carbocycles. The van der Waals surface area contributed by atoms with E-state index in [1.54, 1.807) is 0 Å². The Morgan fingerprint density at radius 3 is 2.47 bits per heavy atom. The van der Waals surface area contributed by atoms with Gasteiger partial charge in [0.25, 0.3) is 0 Å². The number of nitrogens with zero attached hydrogens (tertiary/aromatic N) is 1. The SMILES string of the molecule is C=Cc1ccccc1[SiH](COCC)CN(CC)CC. The van der Waals surface area contributed by atoms with Gasteiger partial charge in [-0.1, -0.05) is 56.0 Å². The van der Waals surface area contributed by atoms with Gasteiger partial charge in [0.15, 0.2) is 0 Å². The zero-order chi connectivity index (χ0) is 14.1. The lowest BCUT2D eigenvalue weighted by molar-refractivity contribution is 0.189. The van der Waals surface area contributed by atoms with Crippen LogP contribution in [0.4, 0.5) is 0 Å². The van der Waals surface area contributed by atoms with Crippen molar-refractivity contribution >= 4 is 20.1 Å². The Morgan fingerprint density at radius 2 is 1.89 bits per heavy atom. The lowest BCUT2D eigenvalue weighted by Gasteiger charge is -2.25. The second-order valence-corrected chi connectivity index (χ2v) is 7.39. The van der Waals surface area contributed by atoms with Crippen molar-refractivity contribution in [2.75, 3.05) is 32.1 Å². The molecule has 0 N–H and O–H groups in total. The Morgan fingerprint density at radius 1 is 1.21 bits per heavy atom. The van der Waals surface area contributed by atoms with Gasteiger partial charge in [0.1, 0.15) is 8.80 Å². The van der Waals surface area contributed by atoms with Crippen LogP contribution in [-0.4, -0.2) is 45.8 Å². The molecule has 0 aliphatic heterocycles. The smallest absolute Gasteiger partial charge is 0.115 e. The lowest BCUT2D eigenvalue weighted by atomic mass is 10.2. The zero-order valence-electron chi connectivity index (χ0n) is 12.6. The molecule has 0 amide bonds. The van der Waals surface area contributed by atoms with Gasteiger partial charge in [-0.2, -0.15) is 0 Å². The molecule has 1 aromatic rings. The van der Waals surface area contributed by atoms with Crippen molar-refractivity contribution < 1.29 is 4.74 Å². The van der Waals surface area contributed by atoms with E-state index in [0.717, 1.165) is 25.9 Å². The van der Waals surface area contributed by atoms with Crippen molar-refractivity contribution in [2.24, 2.45) is 0 Å². The van der Waals surface area contributed by atoms with Gasteiger partial charge in [-0.3, -0.25) is 0 Å². The molecule has 1 rings (SSSR count). The Labute approximate surface area is 119 Å². The first-order chi connectivity index (χ1) is 9.26. The average molecular weight is 277 g/mol. The predicted molar refractivity (Wildman–Crippen MR) is 87.6 cm³/mol. The summed E-state index contributed by atoms with van der Waals surface area (Å²) in [5.41, 5.74) is 1.28. The molecular formula is C16H27NOSi. The highest BCUT2D eigenvalue weighted by Crippen LogP contribution is 2.03. The Bertz CT molecular complexity index is 377. The third-order valence-corrected chi connectivity index (χ3v) is 6.55. The summed E-state index contributed by atoms with van der Waals surface area (Å²) in [4.78, 5) is 2.51. The van der Waals surface area contributed by atoms with Gasteiger partial charge in [-0.15, -0.1) is 0 Å². The fraction of sp³-hybridized carbons (Fsp3) is 0.500. The normalized spacial score (nSPS) is 12.6. The third-order valence-electron chi connectivity index (χ3n) is 3.55. The molecule has 106 valence electrons. The molecule has 0 heterocycles. The molecule has 1 atom stereocenters. The zero-order valence-corrected chi connectivity index (χ0v) is 13.7. The van der Waals surface area contributed by atoms with Crippen LogP contribution >= 0.6 is 0 Å². The number of hydrogen-bond acceptors (Lipinski definition) is 2. The first-order valence-corrected chi connectivity index (χ1v) is 9.49. The molecule has 19 heavy (non-hydrogen) atoms. The van der Waals surface area contributed by atoms with Gasteiger partial charge < -0.3 is 9.64 Å². The van der Waals surface area contributed by atoms with Crippen molar-refractivity contribution in [1.82, 2.24) is 4.90 Å². The first kappa shape index (κ1) is 16.2. The molecule has 0 aliphatic rings. The fourth-order valence-corrected chi connectivity index (χ4v) is 5.57. The van der Waals surface area contributed by atoms with Crippen molar-refractivity contribution in [2.45, 2.75) is 20.8 Å². The van der Waals surface area contributed by atoms with Crippen LogP contribution in [0.25, 0.3) is 6.08 Å². The molecule has 2 nitrogen and oxygen atoms in total. The molecule has 1 aromatic carbocycles. The van der Waals surface area contributed by atoms with Crippen molar-refractivity contribution in [3.05, 3.63) is 36.4 Å². The standard InChI is InChI=1S/C16H27NOSi/c1-5-15-11-9-10-12-16(15)19(14-18-8-4)13-17(6-2)7-3/h5,9-12,19H,1,6-8,13-14H2,2-4H3. The van der Waals surface area contributed by atoms with E-state index in [0.29, 0.717) is 0 Å². The van der Waals surface area contributed by atoms with E-state index >= 15 is 0 Å². The van der Waals surface area contributed by atoms with E-state index in [1.807, 2.05) is 6.08 Å². The summed E-state index contributed by atoms with van der Waals surface area (Å²) in [5, 5.41) is 1.48. The number of rotatable bonds is 9. The summed E-state index contributed by atoms with van der Waals surface area (Å²) in [5.74, 6) is 0. The maximum Gasteiger partial charge on any atom is 0.115 e. The van der Waals surface area contributed by atoms with Crippen molar-refractivity contribution in [3.63, 3.8) is 0 Å². The van der Waals surface area contributed by atoms with Crippen LogP contribution < -0.4 is 5.19 Å². The Balaban J connectivity index is 2.91. The van der Waals surface area contributed by atoms with Crippen LogP contribution in [0, 0.1) is 0 Å². The summed E-state index contributed by atoms with van der Waals surface area (Å²) in [6.45, 7) is 13.5. The minimum absolute atomic E-state index is 0.804. The van der Waals surface area contributed by atoms with Crippen LogP contribution in [0.1, 0.15) is 26.3 Å². The van der Waals surface area contributed by atoms with Gasteiger partial charge in [0.05, 0.1) is 0 Å². The van der Waals surface area contributed by atoms with Gasteiger partial charge in [0.2, 0.25) is 0 Å². The molecule has 0 spiro atoms. The van der Waals surface area contributed by atoms with E-state index < -0.39 is 8.80 Å². The molecule has 1 unspecified atom stereocenters. The van der Waals surface area contributed by atoms with E-state index in [1.165, 1.54) is 16.9 Å². The first-order valence-electron chi connectivity index (χ1n) is 7.28. The molecule has 3 heteroatoms. The topological polar surface area (TPSA) is 12.5 Å². The molecule has 0 aromatic heterocycles. The molecule has 0 bridgehead atoms. The maximum absolute atomic E-state index is 5.74. The lowest BCUT2D eigenvalue weighted by Crippen LogP contribution is -2.47. The van der Waals surface area contributed by atoms with Crippen molar-refractivity contribution in [3.8, 4) is 0 Å². The predicted octanol–water partition coefficient (Wildman–Crippen LogP) is 2.22. The molecule has 0 radical (unpaired) electrons. The van der Waals surface area contributed by atoms with Crippen LogP contribution in [0.15, 0.2) is 30.8 Å². The van der Waals surface area contributed by atoms with Gasteiger partial charge in [0, 0.05) is 12.8 Å². The van der Waals surface area contributed by atoms with Gasteiger partial charge in [-0.25, -0.2) is 0 Å². The fourth-order valence-electron chi connectivity index (χ4n) is 2.36. The van der Waals surface area contributed by atoms with E-state index in [2.05, 4.69) is 56.5 Å². The van der Waals surface area contributed by atoms with E-state index in [-0.39, 0.29) is 0 Å². The third kappa shape index (κ3) is 4.94. The highest BCUT2D eigenvalue weighted by Gasteiger charge is 2.18. The monoisotopic (exact) mass is 277 g/mol. The minimum Gasteiger partial charge on any atom is -0.385 e. The quantitative estimate of drug-likeness (QED) is 0.642.